The van der Waals surface area contributed by atoms with E-state index in [4.69, 9.17) is 28.9 Å². The smallest absolute Gasteiger partial charge is 0.397 e. The van der Waals surface area contributed by atoms with Crippen molar-refractivity contribution in [2.24, 2.45) is 0 Å². The van der Waals surface area contributed by atoms with Crippen LogP contribution in [-0.4, -0.2) is 24.8 Å². The molecule has 20 heavy (non-hydrogen) atoms. The van der Waals surface area contributed by atoms with Crippen LogP contribution in [0.2, 0.25) is 10.0 Å². The number of amides is 1. The SMILES string of the molecule is CC(OCC(=O)Nc1c(N)cc(Cl)cc1Cl)C(F)(F)F. The Morgan fingerprint density at radius 3 is 2.55 bits per heavy atom. The van der Waals surface area contributed by atoms with Crippen molar-refractivity contribution in [1.29, 1.82) is 0 Å². The second kappa shape index (κ2) is 6.51. The summed E-state index contributed by atoms with van der Waals surface area (Å²) in [6.07, 6.45) is -6.58. The third-order valence-corrected chi connectivity index (χ3v) is 2.79. The van der Waals surface area contributed by atoms with Crippen molar-refractivity contribution in [3.8, 4) is 0 Å². The molecule has 0 aliphatic carbocycles. The average Bonchev–Trinajstić information content (AvgIpc) is 2.29. The Labute approximate surface area is 123 Å². The lowest BCUT2D eigenvalue weighted by Gasteiger charge is -2.16. The number of carbonyl (C=O) groups is 1. The number of hydrogen-bond acceptors (Lipinski definition) is 3. The maximum Gasteiger partial charge on any atom is 0.414 e. The van der Waals surface area contributed by atoms with Gasteiger partial charge < -0.3 is 15.8 Å². The number of benzene rings is 1. The summed E-state index contributed by atoms with van der Waals surface area (Å²) in [4.78, 5) is 11.5. The fourth-order valence-corrected chi connectivity index (χ4v) is 1.75. The monoisotopic (exact) mass is 330 g/mol. The first-order valence-corrected chi connectivity index (χ1v) is 6.09. The Morgan fingerprint density at radius 1 is 1.45 bits per heavy atom. The van der Waals surface area contributed by atoms with Gasteiger partial charge in [-0.15, -0.1) is 0 Å². The molecular formula is C11H11Cl2F3N2O2. The van der Waals surface area contributed by atoms with E-state index >= 15 is 0 Å². The van der Waals surface area contributed by atoms with E-state index in [-0.39, 0.29) is 21.4 Å². The molecule has 1 atom stereocenters. The highest BCUT2D eigenvalue weighted by atomic mass is 35.5. The molecule has 1 amide bonds. The van der Waals surface area contributed by atoms with Crippen LogP contribution < -0.4 is 11.1 Å². The van der Waals surface area contributed by atoms with Gasteiger partial charge in [0.2, 0.25) is 5.91 Å². The van der Waals surface area contributed by atoms with Crippen LogP contribution in [0.4, 0.5) is 24.5 Å². The van der Waals surface area contributed by atoms with E-state index in [9.17, 15) is 18.0 Å². The van der Waals surface area contributed by atoms with E-state index < -0.39 is 24.8 Å². The predicted octanol–water partition coefficient (Wildman–Crippen LogP) is 3.48. The summed E-state index contributed by atoms with van der Waals surface area (Å²) >= 11 is 11.5. The van der Waals surface area contributed by atoms with Gasteiger partial charge >= 0.3 is 6.18 Å². The molecule has 1 aromatic rings. The van der Waals surface area contributed by atoms with Crippen molar-refractivity contribution < 1.29 is 22.7 Å². The van der Waals surface area contributed by atoms with Gasteiger partial charge in [-0.3, -0.25) is 4.79 Å². The highest BCUT2D eigenvalue weighted by molar-refractivity contribution is 6.37. The van der Waals surface area contributed by atoms with Gasteiger partial charge in [0.25, 0.3) is 0 Å². The minimum atomic E-state index is -4.53. The zero-order valence-corrected chi connectivity index (χ0v) is 11.7. The van der Waals surface area contributed by atoms with E-state index in [1.165, 1.54) is 12.1 Å². The summed E-state index contributed by atoms with van der Waals surface area (Å²) in [5, 5.41) is 2.61. The van der Waals surface area contributed by atoms with Gasteiger partial charge in [-0.2, -0.15) is 13.2 Å². The molecule has 0 heterocycles. The molecule has 0 spiro atoms. The van der Waals surface area contributed by atoms with E-state index in [1.807, 2.05) is 0 Å². The third-order valence-electron chi connectivity index (χ3n) is 2.28. The minimum Gasteiger partial charge on any atom is -0.397 e. The Balaban J connectivity index is 2.64. The van der Waals surface area contributed by atoms with Crippen LogP contribution >= 0.6 is 23.2 Å². The Morgan fingerprint density at radius 2 is 2.05 bits per heavy atom. The minimum absolute atomic E-state index is 0.0735. The maximum atomic E-state index is 12.2. The largest absolute Gasteiger partial charge is 0.414 e. The summed E-state index contributed by atoms with van der Waals surface area (Å²) in [6.45, 7) is 0.0238. The highest BCUT2D eigenvalue weighted by Crippen LogP contribution is 2.32. The van der Waals surface area contributed by atoms with E-state index in [1.54, 1.807) is 0 Å². The summed E-state index contributed by atoms with van der Waals surface area (Å²) in [5.74, 6) is -0.808. The quantitative estimate of drug-likeness (QED) is 0.830. The van der Waals surface area contributed by atoms with Crippen LogP contribution in [0.15, 0.2) is 12.1 Å². The van der Waals surface area contributed by atoms with Crippen molar-refractivity contribution in [3.05, 3.63) is 22.2 Å². The number of alkyl halides is 3. The molecule has 1 aromatic carbocycles. The van der Waals surface area contributed by atoms with Crippen molar-refractivity contribution in [2.75, 3.05) is 17.7 Å². The molecule has 0 aliphatic rings. The Hall–Kier alpha value is -1.18. The lowest BCUT2D eigenvalue weighted by molar-refractivity contribution is -0.213. The lowest BCUT2D eigenvalue weighted by Crippen LogP contribution is -2.32. The molecular weight excluding hydrogens is 320 g/mol. The Kier molecular flexibility index (Phi) is 5.50. The number of rotatable bonds is 4. The molecule has 0 saturated carbocycles. The molecule has 4 nitrogen and oxygen atoms in total. The summed E-state index contributed by atoms with van der Waals surface area (Å²) in [7, 11) is 0. The molecule has 0 aromatic heterocycles. The van der Waals surface area contributed by atoms with Gasteiger partial charge in [0.15, 0.2) is 6.10 Å². The lowest BCUT2D eigenvalue weighted by atomic mass is 10.2. The van der Waals surface area contributed by atoms with Crippen molar-refractivity contribution in [3.63, 3.8) is 0 Å². The molecule has 9 heteroatoms. The number of carbonyl (C=O) groups excluding carboxylic acids is 1. The van der Waals surface area contributed by atoms with Crippen LogP contribution in [0, 0.1) is 0 Å². The zero-order chi connectivity index (χ0) is 15.5. The van der Waals surface area contributed by atoms with Crippen LogP contribution in [0.3, 0.4) is 0 Å². The molecule has 1 unspecified atom stereocenters. The van der Waals surface area contributed by atoms with Crippen LogP contribution in [0.5, 0.6) is 0 Å². The van der Waals surface area contributed by atoms with Gasteiger partial charge in [0.05, 0.1) is 16.4 Å². The fraction of sp³-hybridized carbons (Fsp3) is 0.364. The second-order valence-corrected chi connectivity index (χ2v) is 4.74. The third kappa shape index (κ3) is 4.73. The van der Waals surface area contributed by atoms with Gasteiger partial charge in [0.1, 0.15) is 6.61 Å². The summed E-state index contributed by atoms with van der Waals surface area (Å²) < 4.78 is 41.0. The zero-order valence-electron chi connectivity index (χ0n) is 10.2. The number of nitrogens with one attached hydrogen (secondary N) is 1. The first-order chi connectivity index (χ1) is 9.11. The molecule has 0 radical (unpaired) electrons. The van der Waals surface area contributed by atoms with Crippen LogP contribution in [-0.2, 0) is 9.53 Å². The van der Waals surface area contributed by atoms with Crippen molar-refractivity contribution in [1.82, 2.24) is 0 Å². The molecule has 0 bridgehead atoms. The molecule has 0 fully saturated rings. The maximum absolute atomic E-state index is 12.2. The van der Waals surface area contributed by atoms with Gasteiger partial charge in [-0.05, 0) is 19.1 Å². The van der Waals surface area contributed by atoms with Gasteiger partial charge in [-0.1, -0.05) is 23.2 Å². The number of anilines is 2. The second-order valence-electron chi connectivity index (χ2n) is 3.89. The number of hydrogen-bond donors (Lipinski definition) is 2. The molecule has 1 rings (SSSR count). The first kappa shape index (κ1) is 16.9. The van der Waals surface area contributed by atoms with E-state index in [0.717, 1.165) is 6.92 Å². The van der Waals surface area contributed by atoms with Crippen molar-refractivity contribution in [2.45, 2.75) is 19.2 Å². The number of nitrogen functional groups attached to an aromatic ring is 1. The molecule has 0 saturated heterocycles. The van der Waals surface area contributed by atoms with E-state index in [2.05, 4.69) is 10.1 Å². The normalized spacial score (nSPS) is 13.1. The number of nitrogens with two attached hydrogens (primary N) is 1. The average molecular weight is 331 g/mol. The molecule has 3 N–H and O–H groups in total. The van der Waals surface area contributed by atoms with E-state index in [0.29, 0.717) is 0 Å². The standard InChI is InChI=1S/C11H11Cl2F3N2O2/c1-5(11(14,15)16)20-4-9(19)18-10-7(13)2-6(12)3-8(10)17/h2-3,5H,4,17H2,1H3,(H,18,19). The number of ether oxygens (including phenoxy) is 1. The Bertz CT molecular complexity index is 486. The fourth-order valence-electron chi connectivity index (χ4n) is 1.20. The summed E-state index contributed by atoms with van der Waals surface area (Å²) in [5.41, 5.74) is 5.76. The topological polar surface area (TPSA) is 64.3 Å². The first-order valence-electron chi connectivity index (χ1n) is 5.34. The van der Waals surface area contributed by atoms with Crippen molar-refractivity contribution >= 4 is 40.5 Å². The predicted molar refractivity (Wildman–Crippen MR) is 71.0 cm³/mol. The van der Waals surface area contributed by atoms with Gasteiger partial charge in [0, 0.05) is 5.02 Å². The van der Waals surface area contributed by atoms with Crippen LogP contribution in [0.1, 0.15) is 6.92 Å². The molecule has 0 aliphatic heterocycles. The van der Waals surface area contributed by atoms with Crippen LogP contribution in [0.25, 0.3) is 0 Å². The highest BCUT2D eigenvalue weighted by Gasteiger charge is 2.37. The van der Waals surface area contributed by atoms with Gasteiger partial charge in [-0.25, -0.2) is 0 Å². The number of halogens is 5. The summed E-state index contributed by atoms with van der Waals surface area (Å²) in [6, 6.07) is 2.69. The molecule has 112 valence electrons.